The number of hydrogen-bond acceptors (Lipinski definition) is 5. The Hall–Kier alpha value is -3.57. The van der Waals surface area contributed by atoms with Gasteiger partial charge in [0.2, 0.25) is 17.6 Å². The third-order valence-corrected chi connectivity index (χ3v) is 7.44. The topological polar surface area (TPSA) is 91.4 Å². The van der Waals surface area contributed by atoms with Crippen molar-refractivity contribution in [1.82, 2.24) is 23.6 Å². The Labute approximate surface area is 210 Å². The van der Waals surface area contributed by atoms with Crippen LogP contribution in [-0.4, -0.2) is 48.2 Å². The molecule has 0 N–H and O–H groups in total. The Morgan fingerprint density at radius 3 is 2.62 bits per heavy atom. The Balaban J connectivity index is 1.24. The van der Waals surface area contributed by atoms with Gasteiger partial charge in [-0.2, -0.15) is 13.2 Å². The fourth-order valence-electron chi connectivity index (χ4n) is 5.50. The molecule has 1 fully saturated rings. The van der Waals surface area contributed by atoms with Crippen LogP contribution < -0.4 is 16.0 Å². The maximum atomic E-state index is 13.5. The third-order valence-electron chi connectivity index (χ3n) is 7.44. The van der Waals surface area contributed by atoms with Crippen LogP contribution in [0.25, 0.3) is 11.0 Å². The second-order valence-electron chi connectivity index (χ2n) is 9.86. The van der Waals surface area contributed by atoms with Gasteiger partial charge in [-0.15, -0.1) is 0 Å². The van der Waals surface area contributed by atoms with E-state index < -0.39 is 23.3 Å². The van der Waals surface area contributed by atoms with Crippen molar-refractivity contribution in [3.8, 4) is 5.88 Å². The lowest BCUT2D eigenvalue weighted by atomic mass is 9.90. The van der Waals surface area contributed by atoms with Gasteiger partial charge in [-0.25, -0.2) is 9.78 Å². The number of nitrogens with zero attached hydrogens (tertiary/aromatic N) is 5. The Kier molecular flexibility index (Phi) is 6.15. The van der Waals surface area contributed by atoms with Gasteiger partial charge in [0.1, 0.15) is 5.60 Å². The van der Waals surface area contributed by atoms with Crippen LogP contribution in [0.3, 0.4) is 0 Å². The van der Waals surface area contributed by atoms with Crippen LogP contribution in [0.5, 0.6) is 5.88 Å². The highest BCUT2D eigenvalue weighted by Gasteiger charge is 2.44. The van der Waals surface area contributed by atoms with Crippen molar-refractivity contribution >= 4 is 16.9 Å². The van der Waals surface area contributed by atoms with Crippen molar-refractivity contribution in [2.24, 2.45) is 14.1 Å². The van der Waals surface area contributed by atoms with Crippen LogP contribution in [0.1, 0.15) is 43.5 Å². The minimum atomic E-state index is -4.59. The van der Waals surface area contributed by atoms with Crippen molar-refractivity contribution in [3.63, 3.8) is 0 Å². The SMILES string of the molecule is Cn1c2c(c(=O)n(C)c1=O)CC1(CCCN(C(=O)CCCn3c(C(F)(F)F)nc4ccccc43)CC1)O2. The van der Waals surface area contributed by atoms with E-state index in [1.165, 1.54) is 17.7 Å². The number of benzene rings is 1. The van der Waals surface area contributed by atoms with E-state index in [1.807, 2.05) is 0 Å². The van der Waals surface area contributed by atoms with Crippen LogP contribution in [-0.2, 0) is 38.0 Å². The minimum Gasteiger partial charge on any atom is -0.471 e. The van der Waals surface area contributed by atoms with Crippen LogP contribution in [0.2, 0.25) is 0 Å². The van der Waals surface area contributed by atoms with Gasteiger partial charge >= 0.3 is 11.9 Å². The number of hydrogen-bond donors (Lipinski definition) is 0. The van der Waals surface area contributed by atoms with Crippen molar-refractivity contribution in [3.05, 3.63) is 56.5 Å². The van der Waals surface area contributed by atoms with E-state index >= 15 is 0 Å². The molecule has 4 heterocycles. The molecule has 0 aliphatic carbocycles. The number of aryl methyl sites for hydroxylation is 1. The number of rotatable bonds is 4. The first kappa shape index (κ1) is 25.1. The van der Waals surface area contributed by atoms with Crippen molar-refractivity contribution in [1.29, 1.82) is 0 Å². The number of carbonyl (C=O) groups excluding carboxylic acids is 1. The molecule has 1 saturated heterocycles. The van der Waals surface area contributed by atoms with Crippen LogP contribution in [0.4, 0.5) is 13.2 Å². The smallest absolute Gasteiger partial charge is 0.449 e. The molecule has 1 aromatic carbocycles. The van der Waals surface area contributed by atoms with Gasteiger partial charge < -0.3 is 14.2 Å². The molecule has 2 aliphatic rings. The molecule has 3 aromatic rings. The van der Waals surface area contributed by atoms with Gasteiger partial charge in [-0.1, -0.05) is 12.1 Å². The average molecular weight is 520 g/mol. The average Bonchev–Trinajstić information content (AvgIpc) is 3.35. The Morgan fingerprint density at radius 1 is 1.11 bits per heavy atom. The highest BCUT2D eigenvalue weighted by molar-refractivity contribution is 5.77. The number of ether oxygens (including phenoxy) is 1. The van der Waals surface area contributed by atoms with Crippen LogP contribution in [0, 0.1) is 0 Å². The number of fused-ring (bicyclic) bond motifs is 2. The number of para-hydroxylation sites is 2. The normalized spacial score (nSPS) is 19.8. The zero-order valence-corrected chi connectivity index (χ0v) is 20.7. The van der Waals surface area contributed by atoms with Crippen LogP contribution in [0.15, 0.2) is 33.9 Å². The first-order chi connectivity index (χ1) is 17.5. The van der Waals surface area contributed by atoms with Crippen molar-refractivity contribution in [2.45, 2.75) is 56.8 Å². The van der Waals surface area contributed by atoms with Gasteiger partial charge in [0.25, 0.3) is 5.56 Å². The third kappa shape index (κ3) is 4.42. The van der Waals surface area contributed by atoms with Gasteiger partial charge in [0.05, 0.1) is 16.6 Å². The molecule has 1 unspecified atom stereocenters. The molecule has 0 radical (unpaired) electrons. The monoisotopic (exact) mass is 519 g/mol. The fourth-order valence-corrected chi connectivity index (χ4v) is 5.50. The first-order valence-electron chi connectivity index (χ1n) is 12.3. The maximum Gasteiger partial charge on any atom is 0.449 e. The van der Waals surface area contributed by atoms with E-state index in [4.69, 9.17) is 4.74 Å². The van der Waals surface area contributed by atoms with Gasteiger partial charge in [-0.3, -0.25) is 18.7 Å². The summed E-state index contributed by atoms with van der Waals surface area (Å²) < 4.78 is 50.4. The highest BCUT2D eigenvalue weighted by Crippen LogP contribution is 2.39. The molecule has 9 nitrogen and oxygen atoms in total. The number of amides is 1. The number of carbonyl (C=O) groups is 1. The molecule has 37 heavy (non-hydrogen) atoms. The Morgan fingerprint density at radius 2 is 1.86 bits per heavy atom. The van der Waals surface area contributed by atoms with E-state index in [9.17, 15) is 27.6 Å². The summed E-state index contributed by atoms with van der Waals surface area (Å²) in [5, 5.41) is 0. The van der Waals surface area contributed by atoms with Gasteiger partial charge in [0, 0.05) is 53.0 Å². The predicted octanol–water partition coefficient (Wildman–Crippen LogP) is 2.62. The maximum absolute atomic E-state index is 13.5. The molecule has 0 saturated carbocycles. The summed E-state index contributed by atoms with van der Waals surface area (Å²) in [6.07, 6.45) is -2.10. The standard InChI is InChI=1S/C25H28F3N5O4/c1-30-20(35)16-15-24(37-21(16)31(2)23(30)36)10-6-12-32(14-11-24)19(34)9-5-13-33-18-8-4-3-7-17(18)29-22(33)25(26,27)28/h3-4,7-8H,5-6,9-15H2,1-2H3. The molecule has 2 aliphatic heterocycles. The molecular formula is C25H28F3N5O4. The number of alkyl halides is 3. The van der Waals surface area contributed by atoms with Crippen LogP contribution >= 0.6 is 0 Å². The Bertz CT molecular complexity index is 1490. The lowest BCUT2D eigenvalue weighted by molar-refractivity contribution is -0.146. The van der Waals surface area contributed by atoms with Crippen molar-refractivity contribution in [2.75, 3.05) is 13.1 Å². The molecule has 1 amide bonds. The summed E-state index contributed by atoms with van der Waals surface area (Å²) in [7, 11) is 3.01. The van der Waals surface area contributed by atoms with E-state index in [0.717, 1.165) is 9.13 Å². The molecule has 0 bridgehead atoms. The minimum absolute atomic E-state index is 0.0224. The molecule has 5 rings (SSSR count). The van der Waals surface area contributed by atoms with Crippen molar-refractivity contribution < 1.29 is 22.7 Å². The predicted molar refractivity (Wildman–Crippen MR) is 128 cm³/mol. The van der Waals surface area contributed by atoms with E-state index in [1.54, 1.807) is 30.1 Å². The molecular weight excluding hydrogens is 491 g/mol. The number of aromatic nitrogens is 4. The second kappa shape index (κ2) is 9.07. The zero-order valence-electron chi connectivity index (χ0n) is 20.7. The molecule has 1 spiro atoms. The first-order valence-corrected chi connectivity index (χ1v) is 12.3. The lowest BCUT2D eigenvalue weighted by Crippen LogP contribution is -2.38. The molecule has 2 aromatic heterocycles. The summed E-state index contributed by atoms with van der Waals surface area (Å²) in [5.41, 5.74) is -0.353. The van der Waals surface area contributed by atoms with Gasteiger partial charge in [0.15, 0.2) is 0 Å². The summed E-state index contributed by atoms with van der Waals surface area (Å²) in [6, 6.07) is 6.43. The second-order valence-corrected chi connectivity index (χ2v) is 9.86. The molecule has 198 valence electrons. The quantitative estimate of drug-likeness (QED) is 0.529. The fraction of sp³-hybridized carbons (Fsp3) is 0.520. The van der Waals surface area contributed by atoms with E-state index in [-0.39, 0.29) is 36.4 Å². The highest BCUT2D eigenvalue weighted by atomic mass is 19.4. The molecule has 12 heteroatoms. The van der Waals surface area contributed by atoms with E-state index in [0.29, 0.717) is 55.7 Å². The number of halogens is 3. The largest absolute Gasteiger partial charge is 0.471 e. The van der Waals surface area contributed by atoms with E-state index in [2.05, 4.69) is 4.98 Å². The van der Waals surface area contributed by atoms with Gasteiger partial charge in [-0.05, 0) is 31.4 Å². The summed E-state index contributed by atoms with van der Waals surface area (Å²) in [4.78, 5) is 43.4. The summed E-state index contributed by atoms with van der Waals surface area (Å²) >= 11 is 0. The zero-order chi connectivity index (χ0) is 26.5. The summed E-state index contributed by atoms with van der Waals surface area (Å²) in [6.45, 7) is 0.927. The lowest BCUT2D eigenvalue weighted by Gasteiger charge is -2.27. The summed E-state index contributed by atoms with van der Waals surface area (Å²) in [5.74, 6) is -0.800. The number of likely N-dealkylation sites (tertiary alicyclic amines) is 1. The molecule has 1 atom stereocenters. The number of imidazole rings is 1.